The van der Waals surface area contributed by atoms with Gasteiger partial charge in [0.1, 0.15) is 23.5 Å². The summed E-state index contributed by atoms with van der Waals surface area (Å²) < 4.78 is 16.0. The van der Waals surface area contributed by atoms with Crippen LogP contribution in [0.4, 0.5) is 21.0 Å². The highest BCUT2D eigenvalue weighted by Gasteiger charge is 2.27. The quantitative estimate of drug-likeness (QED) is 0.0598. The van der Waals surface area contributed by atoms with Crippen LogP contribution in [0, 0.1) is 0 Å². The minimum Gasteiger partial charge on any atom is -0.480 e. The van der Waals surface area contributed by atoms with Gasteiger partial charge in [-0.25, -0.2) is 19.2 Å². The number of rotatable bonds is 11. The van der Waals surface area contributed by atoms with Gasteiger partial charge in [-0.15, -0.1) is 4.99 Å². The van der Waals surface area contributed by atoms with Crippen molar-refractivity contribution >= 4 is 70.5 Å². The first-order valence-corrected chi connectivity index (χ1v) is 18.0. The molecule has 3 amide bonds. The highest BCUT2D eigenvalue weighted by atomic mass is 35.5. The Bertz CT molecular complexity index is 2090. The SMILES string of the molecule is CC(C)(C)OC(=O)/N=C(\NC(=O)OC(C)(C)C)Nc1ccc(C(=O)Oc2ccc(CCC(=O)N(CC(=O)O)CC3C=C(C(=O)O)c4ccccc4N3)c(Cl)c2)cc1. The second-order valence-corrected chi connectivity index (χ2v) is 15.2. The smallest absolute Gasteiger partial charge is 0.437 e. The highest BCUT2D eigenvalue weighted by Crippen LogP contribution is 2.30. The van der Waals surface area contributed by atoms with E-state index in [2.05, 4.69) is 20.9 Å². The lowest BCUT2D eigenvalue weighted by Gasteiger charge is -2.30. The van der Waals surface area contributed by atoms with E-state index >= 15 is 0 Å². The van der Waals surface area contributed by atoms with E-state index in [-0.39, 0.29) is 47.3 Å². The Morgan fingerprint density at radius 2 is 1.56 bits per heavy atom. The predicted octanol–water partition coefficient (Wildman–Crippen LogP) is 6.60. The molecule has 0 aliphatic carbocycles. The first-order chi connectivity index (χ1) is 26.7. The van der Waals surface area contributed by atoms with Crippen molar-refractivity contribution < 1.29 is 53.2 Å². The number of anilines is 2. The molecule has 4 rings (SSSR count). The summed E-state index contributed by atoms with van der Waals surface area (Å²) in [6, 6.07) is 16.5. The molecule has 0 aromatic heterocycles. The van der Waals surface area contributed by atoms with Gasteiger partial charge in [0.15, 0.2) is 0 Å². The van der Waals surface area contributed by atoms with Crippen LogP contribution in [0.25, 0.3) is 5.57 Å². The molecule has 5 N–H and O–H groups in total. The monoisotopic (exact) mass is 805 g/mol. The lowest BCUT2D eigenvalue weighted by molar-refractivity contribution is -0.144. The van der Waals surface area contributed by atoms with Crippen LogP contribution in [0.1, 0.15) is 69.4 Å². The number of carbonyl (C=O) groups is 6. The van der Waals surface area contributed by atoms with Crippen molar-refractivity contribution in [1.82, 2.24) is 10.2 Å². The molecule has 57 heavy (non-hydrogen) atoms. The van der Waals surface area contributed by atoms with Crippen LogP contribution in [-0.4, -0.2) is 87.4 Å². The Morgan fingerprint density at radius 3 is 2.18 bits per heavy atom. The van der Waals surface area contributed by atoms with Crippen molar-refractivity contribution in [2.75, 3.05) is 23.7 Å². The third-order valence-corrected chi connectivity index (χ3v) is 8.05. The number of nitrogens with one attached hydrogen (secondary N) is 3. The fourth-order valence-corrected chi connectivity index (χ4v) is 5.63. The maximum Gasteiger partial charge on any atom is 0.437 e. The lowest BCUT2D eigenvalue weighted by atomic mass is 9.96. The van der Waals surface area contributed by atoms with Gasteiger partial charge in [0.05, 0.1) is 17.2 Å². The minimum atomic E-state index is -1.23. The average Bonchev–Trinajstić information content (AvgIpc) is 3.08. The summed E-state index contributed by atoms with van der Waals surface area (Å²) in [5.41, 5.74) is 0.451. The van der Waals surface area contributed by atoms with E-state index in [1.54, 1.807) is 71.9 Å². The number of nitrogens with zero attached hydrogens (tertiary/aromatic N) is 2. The molecule has 16 nitrogen and oxygen atoms in total. The summed E-state index contributed by atoms with van der Waals surface area (Å²) in [5.74, 6) is -3.75. The number of ether oxygens (including phenoxy) is 3. The summed E-state index contributed by atoms with van der Waals surface area (Å²) in [4.78, 5) is 79.6. The van der Waals surface area contributed by atoms with Crippen LogP contribution in [0.3, 0.4) is 0 Å². The van der Waals surface area contributed by atoms with Gasteiger partial charge in [0, 0.05) is 34.9 Å². The second-order valence-electron chi connectivity index (χ2n) is 14.8. The van der Waals surface area contributed by atoms with E-state index in [0.717, 1.165) is 4.90 Å². The minimum absolute atomic E-state index is 0.0454. The number of halogens is 1. The molecule has 0 fully saturated rings. The maximum atomic E-state index is 13.3. The van der Waals surface area contributed by atoms with E-state index < -0.39 is 59.8 Å². The van der Waals surface area contributed by atoms with Crippen LogP contribution in [0.5, 0.6) is 5.75 Å². The van der Waals surface area contributed by atoms with Crippen LogP contribution in [-0.2, 0) is 30.3 Å². The Morgan fingerprint density at radius 1 is 0.895 bits per heavy atom. The number of alkyl carbamates (subject to hydrolysis) is 1. The summed E-state index contributed by atoms with van der Waals surface area (Å²) >= 11 is 6.49. The zero-order valence-corrected chi connectivity index (χ0v) is 32.9. The van der Waals surface area contributed by atoms with Crippen molar-refractivity contribution in [2.45, 2.75) is 71.6 Å². The first-order valence-electron chi connectivity index (χ1n) is 17.7. The number of carboxylic acid groups (broad SMARTS) is 2. The molecule has 0 saturated heterocycles. The molecule has 1 atom stereocenters. The molecular weight excluding hydrogens is 762 g/mol. The Balaban J connectivity index is 1.37. The molecule has 0 radical (unpaired) electrons. The molecule has 0 saturated carbocycles. The first kappa shape index (κ1) is 43.3. The molecule has 1 unspecified atom stereocenters. The zero-order valence-electron chi connectivity index (χ0n) is 32.2. The molecule has 1 aliphatic rings. The van der Waals surface area contributed by atoms with Gasteiger partial charge in [-0.05, 0) is 102 Å². The van der Waals surface area contributed by atoms with Gasteiger partial charge < -0.3 is 40.0 Å². The topological polar surface area (TPSA) is 222 Å². The lowest BCUT2D eigenvalue weighted by Crippen LogP contribution is -2.43. The zero-order chi connectivity index (χ0) is 42.1. The van der Waals surface area contributed by atoms with Gasteiger partial charge in [0.25, 0.3) is 0 Å². The molecule has 302 valence electrons. The van der Waals surface area contributed by atoms with E-state index in [1.165, 1.54) is 42.5 Å². The number of esters is 1. The Kier molecular flexibility index (Phi) is 14.0. The summed E-state index contributed by atoms with van der Waals surface area (Å²) in [5, 5.41) is 27.8. The van der Waals surface area contributed by atoms with Crippen LogP contribution < -0.4 is 20.7 Å². The fraction of sp³-hybridized carbons (Fsp3) is 0.325. The Hall–Kier alpha value is -6.42. The van der Waals surface area contributed by atoms with Crippen molar-refractivity contribution in [2.24, 2.45) is 4.99 Å². The predicted molar refractivity (Wildman–Crippen MR) is 212 cm³/mol. The highest BCUT2D eigenvalue weighted by molar-refractivity contribution is 6.31. The third kappa shape index (κ3) is 13.7. The number of benzene rings is 3. The molecular formula is C40H44ClN5O11. The molecule has 1 aliphatic heterocycles. The van der Waals surface area contributed by atoms with Gasteiger partial charge in [-0.2, -0.15) is 0 Å². The van der Waals surface area contributed by atoms with Crippen LogP contribution in [0.2, 0.25) is 5.02 Å². The van der Waals surface area contributed by atoms with E-state index in [4.69, 9.17) is 25.8 Å². The van der Waals surface area contributed by atoms with Gasteiger partial charge in [-0.1, -0.05) is 35.9 Å². The largest absolute Gasteiger partial charge is 0.480 e. The summed E-state index contributed by atoms with van der Waals surface area (Å²) in [6.45, 7) is 9.30. The number of aliphatic imine (C=N–C) groups is 1. The maximum absolute atomic E-state index is 13.3. The fourth-order valence-electron chi connectivity index (χ4n) is 5.37. The number of amides is 3. The number of hydrogen-bond donors (Lipinski definition) is 5. The summed E-state index contributed by atoms with van der Waals surface area (Å²) in [7, 11) is 0. The van der Waals surface area contributed by atoms with Crippen molar-refractivity contribution in [3.8, 4) is 5.75 Å². The molecule has 0 spiro atoms. The second kappa shape index (κ2) is 18.5. The Labute approximate surface area is 333 Å². The van der Waals surface area contributed by atoms with Crippen LogP contribution in [0.15, 0.2) is 77.8 Å². The number of carbonyl (C=O) groups excluding carboxylic acids is 4. The third-order valence-electron chi connectivity index (χ3n) is 7.69. The average molecular weight is 806 g/mol. The number of fused-ring (bicyclic) bond motifs is 1. The van der Waals surface area contributed by atoms with Gasteiger partial charge in [0.2, 0.25) is 11.9 Å². The molecule has 1 heterocycles. The number of aryl methyl sites for hydroxylation is 1. The normalized spacial score (nSPS) is 13.8. The summed E-state index contributed by atoms with van der Waals surface area (Å²) in [6.07, 6.45) is -0.352. The number of para-hydroxylation sites is 1. The molecule has 17 heteroatoms. The number of guanidine groups is 1. The number of carboxylic acids is 2. The standard InChI is InChI=1S/C40H44ClN5O11/c1-39(2,3)56-37(53)44-36(45-38(54)57-40(4,5)6)43-25-15-11-24(12-16-25)35(52)55-27-17-13-23(30(41)20-27)14-18-32(47)46(22-33(48)49)21-26-19-29(34(50)51)28-9-7-8-10-31(28)42-26/h7-13,15-17,19-20,26,42H,14,18,21-22H2,1-6H3,(H,48,49)(H,50,51)(H2,43,44,45,53,54). The molecule has 3 aromatic carbocycles. The molecule has 0 bridgehead atoms. The van der Waals surface area contributed by atoms with E-state index in [1.807, 2.05) is 0 Å². The van der Waals surface area contributed by atoms with Crippen LogP contribution >= 0.6 is 11.6 Å². The van der Waals surface area contributed by atoms with Crippen molar-refractivity contribution in [1.29, 1.82) is 0 Å². The number of hydrogen-bond acceptors (Lipinski definition) is 10. The van der Waals surface area contributed by atoms with Crippen molar-refractivity contribution in [3.05, 3.63) is 94.5 Å². The van der Waals surface area contributed by atoms with E-state index in [9.17, 15) is 39.0 Å². The van der Waals surface area contributed by atoms with E-state index in [0.29, 0.717) is 22.5 Å². The number of aliphatic carboxylic acids is 2. The molecule has 3 aromatic rings. The van der Waals surface area contributed by atoms with Gasteiger partial charge in [-0.3, -0.25) is 14.9 Å². The van der Waals surface area contributed by atoms with Gasteiger partial charge >= 0.3 is 30.1 Å². The van der Waals surface area contributed by atoms with Crippen molar-refractivity contribution in [3.63, 3.8) is 0 Å².